The van der Waals surface area contributed by atoms with Crippen LogP contribution in [0.15, 0.2) is 0 Å². The van der Waals surface area contributed by atoms with Crippen LogP contribution in [0.3, 0.4) is 0 Å². The van der Waals surface area contributed by atoms with Crippen LogP contribution in [0.1, 0.15) is 39.5 Å². The molecule has 0 fully saturated rings. The summed E-state index contributed by atoms with van der Waals surface area (Å²) in [7, 11) is 0. The molecule has 0 saturated heterocycles. The molecule has 9 nitrogen and oxygen atoms in total. The highest BCUT2D eigenvalue weighted by atomic mass is 32.2. The second-order valence-electron chi connectivity index (χ2n) is 6.16. The summed E-state index contributed by atoms with van der Waals surface area (Å²) >= 11 is 1.48. The van der Waals surface area contributed by atoms with Crippen molar-refractivity contribution in [3.8, 4) is 0 Å². The predicted octanol–water partition coefficient (Wildman–Crippen LogP) is -0.567. The highest BCUT2D eigenvalue weighted by molar-refractivity contribution is 7.98. The average molecular weight is 391 g/mol. The zero-order valence-electron chi connectivity index (χ0n) is 15.5. The molecular weight excluding hydrogens is 360 g/mol. The van der Waals surface area contributed by atoms with Crippen molar-refractivity contribution in [3.05, 3.63) is 0 Å². The largest absolute Gasteiger partial charge is 0.480 e. The molecule has 7 N–H and O–H groups in total. The molecule has 0 radical (unpaired) electrons. The van der Waals surface area contributed by atoms with Crippen LogP contribution in [0.2, 0.25) is 0 Å². The van der Waals surface area contributed by atoms with Crippen LogP contribution in [0.4, 0.5) is 0 Å². The Bertz CT molecular complexity index is 503. The van der Waals surface area contributed by atoms with Crippen molar-refractivity contribution in [2.24, 2.45) is 17.4 Å². The molecule has 0 aromatic carbocycles. The summed E-state index contributed by atoms with van der Waals surface area (Å²) in [6, 6.07) is -2.92. The SMILES string of the molecule is CCC(C)C(NC(=O)C(N)CCC(N)=O)C(=O)NC(CCSC)C(=O)O. The molecule has 4 unspecified atom stereocenters. The normalized spacial score (nSPS) is 15.4. The van der Waals surface area contributed by atoms with Gasteiger partial charge in [0.25, 0.3) is 0 Å². The predicted molar refractivity (Wildman–Crippen MR) is 100 cm³/mol. The third-order valence-corrected chi connectivity index (χ3v) is 4.70. The van der Waals surface area contributed by atoms with E-state index in [9.17, 15) is 24.3 Å². The fourth-order valence-corrected chi connectivity index (χ4v) is 2.62. The number of nitrogens with two attached hydrogens (primary N) is 2. The van der Waals surface area contributed by atoms with Crippen molar-refractivity contribution in [1.82, 2.24) is 10.6 Å². The van der Waals surface area contributed by atoms with Crippen LogP contribution in [-0.4, -0.2) is 58.9 Å². The summed E-state index contributed by atoms with van der Waals surface area (Å²) in [5.74, 6) is -2.49. The minimum atomic E-state index is -1.13. The summed E-state index contributed by atoms with van der Waals surface area (Å²) in [5.41, 5.74) is 10.8. The van der Waals surface area contributed by atoms with Crippen molar-refractivity contribution in [2.75, 3.05) is 12.0 Å². The molecule has 0 rings (SSSR count). The molecule has 0 bridgehead atoms. The maximum Gasteiger partial charge on any atom is 0.326 e. The van der Waals surface area contributed by atoms with Gasteiger partial charge >= 0.3 is 5.97 Å². The van der Waals surface area contributed by atoms with E-state index in [4.69, 9.17) is 11.5 Å². The Balaban J connectivity index is 5.00. The quantitative estimate of drug-likeness (QED) is 0.281. The third kappa shape index (κ3) is 9.04. The second kappa shape index (κ2) is 12.5. The van der Waals surface area contributed by atoms with Gasteiger partial charge in [-0.1, -0.05) is 20.3 Å². The van der Waals surface area contributed by atoms with E-state index >= 15 is 0 Å². The van der Waals surface area contributed by atoms with E-state index in [1.54, 1.807) is 6.92 Å². The highest BCUT2D eigenvalue weighted by Crippen LogP contribution is 2.10. The number of thioether (sulfide) groups is 1. The van der Waals surface area contributed by atoms with Crippen molar-refractivity contribution in [2.45, 2.75) is 57.7 Å². The Morgan fingerprint density at radius 1 is 1.12 bits per heavy atom. The van der Waals surface area contributed by atoms with Gasteiger partial charge in [0.1, 0.15) is 12.1 Å². The fraction of sp³-hybridized carbons (Fsp3) is 0.750. The van der Waals surface area contributed by atoms with Gasteiger partial charge in [-0.15, -0.1) is 0 Å². The second-order valence-corrected chi connectivity index (χ2v) is 7.15. The van der Waals surface area contributed by atoms with Gasteiger partial charge in [-0.05, 0) is 30.8 Å². The number of hydrogen-bond acceptors (Lipinski definition) is 6. The van der Waals surface area contributed by atoms with Gasteiger partial charge in [0.2, 0.25) is 17.7 Å². The number of carbonyl (C=O) groups excluding carboxylic acids is 3. The van der Waals surface area contributed by atoms with Crippen LogP contribution in [0, 0.1) is 5.92 Å². The number of nitrogens with one attached hydrogen (secondary N) is 2. The first-order chi connectivity index (χ1) is 12.1. The molecule has 10 heteroatoms. The number of carboxylic acids is 1. The number of rotatable bonds is 13. The van der Waals surface area contributed by atoms with Crippen molar-refractivity contribution in [1.29, 1.82) is 0 Å². The number of aliphatic carboxylic acids is 1. The van der Waals surface area contributed by atoms with Gasteiger partial charge in [0.05, 0.1) is 6.04 Å². The van der Waals surface area contributed by atoms with E-state index in [-0.39, 0.29) is 25.2 Å². The van der Waals surface area contributed by atoms with Crippen LogP contribution in [0.5, 0.6) is 0 Å². The zero-order valence-corrected chi connectivity index (χ0v) is 16.3. The van der Waals surface area contributed by atoms with Crippen LogP contribution in [0.25, 0.3) is 0 Å². The van der Waals surface area contributed by atoms with Gasteiger partial charge in [0, 0.05) is 6.42 Å². The van der Waals surface area contributed by atoms with Gasteiger partial charge < -0.3 is 27.2 Å². The summed E-state index contributed by atoms with van der Waals surface area (Å²) in [4.78, 5) is 46.8. The topological polar surface area (TPSA) is 165 Å². The van der Waals surface area contributed by atoms with E-state index in [2.05, 4.69) is 10.6 Å². The van der Waals surface area contributed by atoms with E-state index in [1.165, 1.54) is 11.8 Å². The monoisotopic (exact) mass is 390 g/mol. The zero-order chi connectivity index (χ0) is 20.3. The molecular formula is C16H30N4O5S. The Kier molecular flexibility index (Phi) is 11.7. The van der Waals surface area contributed by atoms with Crippen molar-refractivity contribution in [3.63, 3.8) is 0 Å². The first-order valence-electron chi connectivity index (χ1n) is 8.50. The third-order valence-electron chi connectivity index (χ3n) is 4.06. The first kappa shape index (κ1) is 24.2. The number of carbonyl (C=O) groups is 4. The molecule has 0 heterocycles. The lowest BCUT2D eigenvalue weighted by Crippen LogP contribution is -2.56. The van der Waals surface area contributed by atoms with Crippen LogP contribution >= 0.6 is 11.8 Å². The maximum atomic E-state index is 12.5. The van der Waals surface area contributed by atoms with Crippen LogP contribution in [-0.2, 0) is 19.2 Å². The smallest absolute Gasteiger partial charge is 0.326 e. The van der Waals surface area contributed by atoms with Crippen LogP contribution < -0.4 is 22.1 Å². The molecule has 0 spiro atoms. The number of primary amides is 1. The summed E-state index contributed by atoms with van der Waals surface area (Å²) in [6.45, 7) is 3.63. The van der Waals surface area contributed by atoms with Crippen molar-refractivity contribution >= 4 is 35.5 Å². The average Bonchev–Trinajstić information content (AvgIpc) is 2.59. The molecule has 3 amide bonds. The summed E-state index contributed by atoms with van der Waals surface area (Å²) in [6.07, 6.45) is 2.75. The van der Waals surface area contributed by atoms with E-state index in [0.717, 1.165) is 0 Å². The van der Waals surface area contributed by atoms with Crippen molar-refractivity contribution < 1.29 is 24.3 Å². The highest BCUT2D eigenvalue weighted by Gasteiger charge is 2.30. The molecule has 150 valence electrons. The fourth-order valence-electron chi connectivity index (χ4n) is 2.15. The maximum absolute atomic E-state index is 12.5. The first-order valence-corrected chi connectivity index (χ1v) is 9.89. The minimum absolute atomic E-state index is 0.0371. The molecule has 0 aliphatic rings. The van der Waals surface area contributed by atoms with Gasteiger partial charge in [-0.25, -0.2) is 4.79 Å². The molecule has 0 saturated carbocycles. The number of carboxylic acid groups (broad SMARTS) is 1. The minimum Gasteiger partial charge on any atom is -0.480 e. The number of hydrogen-bond donors (Lipinski definition) is 5. The lowest BCUT2D eigenvalue weighted by atomic mass is 9.97. The molecule has 4 atom stereocenters. The lowest BCUT2D eigenvalue weighted by molar-refractivity contribution is -0.142. The Labute approximate surface area is 158 Å². The summed E-state index contributed by atoms with van der Waals surface area (Å²) in [5, 5.41) is 14.3. The van der Waals surface area contributed by atoms with E-state index < -0.39 is 41.8 Å². The lowest BCUT2D eigenvalue weighted by Gasteiger charge is -2.26. The van der Waals surface area contributed by atoms with Gasteiger partial charge in [0.15, 0.2) is 0 Å². The Morgan fingerprint density at radius 3 is 2.19 bits per heavy atom. The van der Waals surface area contributed by atoms with E-state index in [0.29, 0.717) is 12.2 Å². The van der Waals surface area contributed by atoms with E-state index in [1.807, 2.05) is 13.2 Å². The molecule has 0 aliphatic heterocycles. The Morgan fingerprint density at radius 2 is 1.73 bits per heavy atom. The molecule has 0 aromatic heterocycles. The standard InChI is InChI=1S/C16H30N4O5S/c1-4-9(2)13(20-14(22)10(17)5-6-12(18)21)15(23)19-11(16(24)25)7-8-26-3/h9-11,13H,4-8,17H2,1-3H3,(H2,18,21)(H,19,23)(H,20,22)(H,24,25). The summed E-state index contributed by atoms with van der Waals surface area (Å²) < 4.78 is 0. The van der Waals surface area contributed by atoms with Gasteiger partial charge in [-0.2, -0.15) is 11.8 Å². The molecule has 0 aliphatic carbocycles. The Hall–Kier alpha value is -1.81. The molecule has 0 aromatic rings. The number of amides is 3. The molecule has 26 heavy (non-hydrogen) atoms. The van der Waals surface area contributed by atoms with Gasteiger partial charge in [-0.3, -0.25) is 14.4 Å².